The van der Waals surface area contributed by atoms with E-state index in [-0.39, 0.29) is 11.8 Å². The molecule has 0 atom stereocenters. The lowest BCUT2D eigenvalue weighted by Gasteiger charge is -2.20. The number of fused-ring (bicyclic) bond motifs is 1. The molecule has 2 aromatic rings. The minimum absolute atomic E-state index is 0.0669. The van der Waals surface area contributed by atoms with E-state index in [1.165, 1.54) is 22.6 Å². The van der Waals surface area contributed by atoms with Crippen LogP contribution in [0.1, 0.15) is 42.1 Å². The molecule has 0 saturated carbocycles. The third-order valence-electron chi connectivity index (χ3n) is 4.42. The van der Waals surface area contributed by atoms with Crippen molar-refractivity contribution in [2.24, 2.45) is 0 Å². The fourth-order valence-corrected chi connectivity index (χ4v) is 3.87. The Morgan fingerprint density at radius 3 is 2.60 bits per heavy atom. The summed E-state index contributed by atoms with van der Waals surface area (Å²) in [6, 6.07) is 0. The van der Waals surface area contributed by atoms with Gasteiger partial charge in [-0.15, -0.1) is 11.3 Å². The summed E-state index contributed by atoms with van der Waals surface area (Å²) in [5, 5.41) is 0.525. The summed E-state index contributed by atoms with van der Waals surface area (Å²) in [4.78, 5) is 42.1. The van der Waals surface area contributed by atoms with Crippen LogP contribution in [-0.4, -0.2) is 63.8 Å². The van der Waals surface area contributed by atoms with Crippen molar-refractivity contribution in [3.8, 4) is 0 Å². The predicted molar refractivity (Wildman–Crippen MR) is 94.9 cm³/mol. The molecule has 3 heterocycles. The second-order valence-corrected chi connectivity index (χ2v) is 7.40. The molecule has 0 spiro atoms. The standard InChI is InChI=1S/C17H21N5O2S/c1-10-11(2)18-9-19-14(10)16(23)22-7-5-12-13(6-8-22)25-15(20-12)17(24)21(3)4/h9H,5-8H2,1-4H3. The highest BCUT2D eigenvalue weighted by molar-refractivity contribution is 7.13. The van der Waals surface area contributed by atoms with Crippen molar-refractivity contribution in [1.29, 1.82) is 0 Å². The molecule has 25 heavy (non-hydrogen) atoms. The van der Waals surface area contributed by atoms with Crippen LogP contribution >= 0.6 is 11.3 Å². The molecule has 0 aliphatic carbocycles. The maximum atomic E-state index is 12.8. The monoisotopic (exact) mass is 359 g/mol. The largest absolute Gasteiger partial charge is 0.343 e. The van der Waals surface area contributed by atoms with Gasteiger partial charge in [-0.1, -0.05) is 0 Å². The van der Waals surface area contributed by atoms with Crippen LogP contribution in [0.25, 0.3) is 0 Å². The lowest BCUT2D eigenvalue weighted by Crippen LogP contribution is -2.34. The number of hydrogen-bond acceptors (Lipinski definition) is 6. The van der Waals surface area contributed by atoms with E-state index >= 15 is 0 Å². The van der Waals surface area contributed by atoms with Gasteiger partial charge in [-0.05, 0) is 13.8 Å². The first-order valence-corrected chi connectivity index (χ1v) is 8.98. The Morgan fingerprint density at radius 1 is 1.16 bits per heavy atom. The summed E-state index contributed by atoms with van der Waals surface area (Å²) >= 11 is 1.43. The van der Waals surface area contributed by atoms with Gasteiger partial charge in [0.05, 0.1) is 5.69 Å². The highest BCUT2D eigenvalue weighted by atomic mass is 32.1. The van der Waals surface area contributed by atoms with Crippen LogP contribution in [0.15, 0.2) is 6.33 Å². The first kappa shape index (κ1) is 17.5. The van der Waals surface area contributed by atoms with E-state index in [4.69, 9.17) is 0 Å². The molecule has 7 nitrogen and oxygen atoms in total. The number of nitrogens with zero attached hydrogens (tertiary/aromatic N) is 5. The second kappa shape index (κ2) is 6.87. The van der Waals surface area contributed by atoms with E-state index in [0.29, 0.717) is 36.6 Å². The van der Waals surface area contributed by atoms with E-state index in [1.54, 1.807) is 14.1 Å². The van der Waals surface area contributed by atoms with Crippen LogP contribution < -0.4 is 0 Å². The molecular weight excluding hydrogens is 338 g/mol. The molecule has 2 amide bonds. The molecule has 0 bridgehead atoms. The fourth-order valence-electron chi connectivity index (χ4n) is 2.75. The number of carbonyl (C=O) groups excluding carboxylic acids is 2. The Balaban J connectivity index is 1.76. The van der Waals surface area contributed by atoms with Crippen LogP contribution in [0.5, 0.6) is 0 Å². The van der Waals surface area contributed by atoms with Gasteiger partial charge in [-0.3, -0.25) is 9.59 Å². The lowest BCUT2D eigenvalue weighted by atomic mass is 10.1. The lowest BCUT2D eigenvalue weighted by molar-refractivity contribution is 0.0754. The van der Waals surface area contributed by atoms with Crippen molar-refractivity contribution < 1.29 is 9.59 Å². The summed E-state index contributed by atoms with van der Waals surface area (Å²) in [5.74, 6) is -0.138. The van der Waals surface area contributed by atoms with Gasteiger partial charge in [0.25, 0.3) is 11.8 Å². The van der Waals surface area contributed by atoms with Crippen molar-refractivity contribution in [3.05, 3.63) is 38.9 Å². The molecule has 2 aromatic heterocycles. The van der Waals surface area contributed by atoms with Gasteiger partial charge in [0, 0.05) is 56.2 Å². The molecule has 3 rings (SSSR count). The Bertz CT molecular complexity index is 805. The van der Waals surface area contributed by atoms with E-state index < -0.39 is 0 Å². The average Bonchev–Trinajstić information content (AvgIpc) is 2.89. The number of thiazole rings is 1. The molecule has 0 unspecified atom stereocenters. The highest BCUT2D eigenvalue weighted by Gasteiger charge is 2.26. The normalized spacial score (nSPS) is 14.0. The number of hydrogen-bond donors (Lipinski definition) is 0. The predicted octanol–water partition coefficient (Wildman–Crippen LogP) is 1.49. The molecule has 0 saturated heterocycles. The average molecular weight is 359 g/mol. The number of aryl methyl sites for hydroxylation is 1. The van der Waals surface area contributed by atoms with Crippen LogP contribution in [0.2, 0.25) is 0 Å². The smallest absolute Gasteiger partial charge is 0.282 e. The Morgan fingerprint density at radius 2 is 1.88 bits per heavy atom. The van der Waals surface area contributed by atoms with E-state index in [0.717, 1.165) is 21.8 Å². The van der Waals surface area contributed by atoms with Crippen molar-refractivity contribution in [2.75, 3.05) is 27.2 Å². The Hall–Kier alpha value is -2.35. The zero-order chi connectivity index (χ0) is 18.1. The maximum absolute atomic E-state index is 12.8. The molecule has 1 aliphatic heterocycles. The van der Waals surface area contributed by atoms with E-state index in [9.17, 15) is 9.59 Å². The number of aromatic nitrogens is 3. The summed E-state index contributed by atoms with van der Waals surface area (Å²) in [5.41, 5.74) is 3.04. The van der Waals surface area contributed by atoms with Crippen LogP contribution in [0.4, 0.5) is 0 Å². The van der Waals surface area contributed by atoms with Gasteiger partial charge in [-0.25, -0.2) is 15.0 Å². The van der Waals surface area contributed by atoms with Crippen molar-refractivity contribution in [3.63, 3.8) is 0 Å². The van der Waals surface area contributed by atoms with Gasteiger partial charge < -0.3 is 9.80 Å². The van der Waals surface area contributed by atoms with Crippen molar-refractivity contribution >= 4 is 23.2 Å². The van der Waals surface area contributed by atoms with E-state index in [2.05, 4.69) is 15.0 Å². The van der Waals surface area contributed by atoms with Gasteiger partial charge in [0.15, 0.2) is 5.01 Å². The van der Waals surface area contributed by atoms with Crippen LogP contribution in [0, 0.1) is 13.8 Å². The topological polar surface area (TPSA) is 79.3 Å². The summed E-state index contributed by atoms with van der Waals surface area (Å²) in [6.45, 7) is 4.93. The zero-order valence-corrected chi connectivity index (χ0v) is 15.7. The Labute approximate surface area is 150 Å². The highest BCUT2D eigenvalue weighted by Crippen LogP contribution is 2.24. The molecule has 0 fully saturated rings. The molecule has 0 aromatic carbocycles. The van der Waals surface area contributed by atoms with Gasteiger partial charge >= 0.3 is 0 Å². The number of rotatable bonds is 2. The maximum Gasteiger partial charge on any atom is 0.282 e. The number of amides is 2. The second-order valence-electron chi connectivity index (χ2n) is 6.31. The van der Waals surface area contributed by atoms with Crippen LogP contribution in [0.3, 0.4) is 0 Å². The van der Waals surface area contributed by atoms with Gasteiger partial charge in [0.1, 0.15) is 12.0 Å². The number of carbonyl (C=O) groups is 2. The van der Waals surface area contributed by atoms with Crippen molar-refractivity contribution in [1.82, 2.24) is 24.8 Å². The molecule has 0 radical (unpaired) electrons. The minimum atomic E-state index is -0.0712. The van der Waals surface area contributed by atoms with Crippen molar-refractivity contribution in [2.45, 2.75) is 26.7 Å². The molecular formula is C17H21N5O2S. The van der Waals surface area contributed by atoms with Crippen LogP contribution in [-0.2, 0) is 12.8 Å². The third-order valence-corrected chi connectivity index (χ3v) is 5.57. The van der Waals surface area contributed by atoms with E-state index in [1.807, 2.05) is 18.7 Å². The Kier molecular flexibility index (Phi) is 4.80. The zero-order valence-electron chi connectivity index (χ0n) is 14.9. The quantitative estimate of drug-likeness (QED) is 0.812. The molecule has 1 aliphatic rings. The molecule has 8 heteroatoms. The first-order chi connectivity index (χ1) is 11.9. The van der Waals surface area contributed by atoms with Gasteiger partial charge in [0.2, 0.25) is 0 Å². The first-order valence-electron chi connectivity index (χ1n) is 8.16. The third kappa shape index (κ3) is 3.39. The van der Waals surface area contributed by atoms with Gasteiger partial charge in [-0.2, -0.15) is 0 Å². The summed E-state index contributed by atoms with van der Waals surface area (Å²) in [6.07, 6.45) is 2.80. The molecule has 132 valence electrons. The minimum Gasteiger partial charge on any atom is -0.343 e. The summed E-state index contributed by atoms with van der Waals surface area (Å²) in [7, 11) is 3.45. The fraction of sp³-hybridized carbons (Fsp3) is 0.471. The molecule has 0 N–H and O–H groups in total. The SMILES string of the molecule is Cc1ncnc(C(=O)N2CCc3nc(C(=O)N(C)C)sc3CC2)c1C. The summed E-state index contributed by atoms with van der Waals surface area (Å²) < 4.78 is 0.